The summed E-state index contributed by atoms with van der Waals surface area (Å²) < 4.78 is 0. The molecule has 3 nitrogen and oxygen atoms in total. The molecule has 0 aliphatic rings. The molecule has 4 heteroatoms. The Morgan fingerprint density at radius 2 is 2.06 bits per heavy atom. The van der Waals surface area contributed by atoms with Crippen molar-refractivity contribution in [1.29, 1.82) is 5.26 Å². The molecule has 17 heavy (non-hydrogen) atoms. The lowest BCUT2D eigenvalue weighted by Gasteiger charge is -2.04. The van der Waals surface area contributed by atoms with Gasteiger partial charge in [-0.25, -0.2) is 0 Å². The Morgan fingerprint density at radius 3 is 2.76 bits per heavy atom. The van der Waals surface area contributed by atoms with E-state index in [0.29, 0.717) is 18.7 Å². The zero-order valence-corrected chi connectivity index (χ0v) is 10.5. The summed E-state index contributed by atoms with van der Waals surface area (Å²) >= 11 is 1.53. The van der Waals surface area contributed by atoms with Gasteiger partial charge >= 0.3 is 0 Å². The molecular formula is C13H16N2OS. The second-order valence-corrected chi connectivity index (χ2v) is 4.62. The zero-order valence-electron chi connectivity index (χ0n) is 9.69. The Labute approximate surface area is 106 Å². The third-order valence-electron chi connectivity index (χ3n) is 2.15. The summed E-state index contributed by atoms with van der Waals surface area (Å²) in [4.78, 5) is 12.6. The zero-order chi connectivity index (χ0) is 12.3. The molecule has 0 aromatic heterocycles. The predicted molar refractivity (Wildman–Crippen MR) is 69.6 cm³/mol. The number of nitrogens with one attached hydrogen (secondary N) is 1. The van der Waals surface area contributed by atoms with E-state index in [9.17, 15) is 4.79 Å². The van der Waals surface area contributed by atoms with Crippen molar-refractivity contribution in [2.75, 3.05) is 12.3 Å². The molecule has 0 spiro atoms. The summed E-state index contributed by atoms with van der Waals surface area (Å²) in [5.74, 6) is 0.498. The number of hydrogen-bond acceptors (Lipinski definition) is 3. The second-order valence-electron chi connectivity index (χ2n) is 3.57. The largest absolute Gasteiger partial charge is 0.355 e. The molecule has 0 saturated carbocycles. The Kier molecular flexibility index (Phi) is 6.92. The first kappa shape index (κ1) is 13.6. The fourth-order valence-corrected chi connectivity index (χ4v) is 2.02. The van der Waals surface area contributed by atoms with Gasteiger partial charge in [-0.3, -0.25) is 4.79 Å². The van der Waals surface area contributed by atoms with E-state index in [0.717, 1.165) is 17.7 Å². The average Bonchev–Trinajstić information content (AvgIpc) is 2.37. The summed E-state index contributed by atoms with van der Waals surface area (Å²) in [7, 11) is 0. The van der Waals surface area contributed by atoms with Crippen LogP contribution in [0.5, 0.6) is 0 Å². The van der Waals surface area contributed by atoms with Gasteiger partial charge in [0.15, 0.2) is 0 Å². The minimum atomic E-state index is 0.0517. The molecular weight excluding hydrogens is 232 g/mol. The lowest BCUT2D eigenvalue weighted by atomic mass is 10.2. The Morgan fingerprint density at radius 1 is 1.29 bits per heavy atom. The highest BCUT2D eigenvalue weighted by molar-refractivity contribution is 8.00. The number of benzene rings is 1. The number of nitrogens with zero attached hydrogens (tertiary/aromatic N) is 1. The molecule has 0 radical (unpaired) electrons. The first-order valence-corrected chi connectivity index (χ1v) is 6.63. The number of nitriles is 1. The Bertz CT molecular complexity index is 373. The third kappa shape index (κ3) is 6.64. The van der Waals surface area contributed by atoms with E-state index < -0.39 is 0 Å². The normalized spacial score (nSPS) is 9.59. The quantitative estimate of drug-likeness (QED) is 0.596. The molecule has 0 atom stereocenters. The van der Waals surface area contributed by atoms with Gasteiger partial charge < -0.3 is 5.32 Å². The standard InChI is InChI=1S/C13H16N2OS/c14-9-5-2-6-10-15-13(16)11-17-12-7-3-1-4-8-12/h1,3-4,7-8H,2,5-6,10-11H2,(H,15,16). The van der Waals surface area contributed by atoms with Crippen LogP contribution in [0.25, 0.3) is 0 Å². The van der Waals surface area contributed by atoms with Crippen molar-refractivity contribution in [3.63, 3.8) is 0 Å². The Hall–Kier alpha value is -1.47. The molecule has 0 saturated heterocycles. The molecule has 0 unspecified atom stereocenters. The van der Waals surface area contributed by atoms with Crippen LogP contribution >= 0.6 is 11.8 Å². The molecule has 0 bridgehead atoms. The minimum Gasteiger partial charge on any atom is -0.355 e. The van der Waals surface area contributed by atoms with Crippen molar-refractivity contribution in [1.82, 2.24) is 5.32 Å². The molecule has 1 N–H and O–H groups in total. The van der Waals surface area contributed by atoms with Gasteiger partial charge in [0, 0.05) is 17.9 Å². The van der Waals surface area contributed by atoms with E-state index in [1.807, 2.05) is 30.3 Å². The van der Waals surface area contributed by atoms with E-state index in [-0.39, 0.29) is 5.91 Å². The first-order chi connectivity index (χ1) is 8.33. The number of carbonyl (C=O) groups excluding carboxylic acids is 1. The van der Waals surface area contributed by atoms with Gasteiger partial charge in [-0.15, -0.1) is 11.8 Å². The topological polar surface area (TPSA) is 52.9 Å². The average molecular weight is 248 g/mol. The molecule has 0 heterocycles. The number of hydrogen-bond donors (Lipinski definition) is 1. The van der Waals surface area contributed by atoms with Crippen LogP contribution < -0.4 is 5.32 Å². The van der Waals surface area contributed by atoms with Crippen LogP contribution in [0.2, 0.25) is 0 Å². The van der Waals surface area contributed by atoms with E-state index in [1.165, 1.54) is 11.8 Å². The highest BCUT2D eigenvalue weighted by Crippen LogP contribution is 2.16. The molecule has 0 aliphatic heterocycles. The van der Waals surface area contributed by atoms with Gasteiger partial charge in [-0.05, 0) is 25.0 Å². The summed E-state index contributed by atoms with van der Waals surface area (Å²) in [6.07, 6.45) is 2.28. The number of thioether (sulfide) groups is 1. The molecule has 1 aromatic carbocycles. The molecule has 1 rings (SSSR count). The van der Waals surface area contributed by atoms with Crippen molar-refractivity contribution >= 4 is 17.7 Å². The fourth-order valence-electron chi connectivity index (χ4n) is 1.27. The smallest absolute Gasteiger partial charge is 0.230 e. The molecule has 90 valence electrons. The van der Waals surface area contributed by atoms with Gasteiger partial charge in [0.2, 0.25) is 5.91 Å². The van der Waals surface area contributed by atoms with Crippen LogP contribution in [0, 0.1) is 11.3 Å². The fraction of sp³-hybridized carbons (Fsp3) is 0.385. The van der Waals surface area contributed by atoms with E-state index >= 15 is 0 Å². The SMILES string of the molecule is N#CCCCCNC(=O)CSc1ccccc1. The van der Waals surface area contributed by atoms with E-state index in [2.05, 4.69) is 11.4 Å². The summed E-state index contributed by atoms with van der Waals surface area (Å²) in [6.45, 7) is 0.663. The van der Waals surface area contributed by atoms with Gasteiger partial charge in [-0.1, -0.05) is 18.2 Å². The van der Waals surface area contributed by atoms with Crippen LogP contribution in [0.15, 0.2) is 35.2 Å². The number of unbranched alkanes of at least 4 members (excludes halogenated alkanes) is 2. The van der Waals surface area contributed by atoms with Crippen LogP contribution in [0.4, 0.5) is 0 Å². The minimum absolute atomic E-state index is 0.0517. The summed E-state index contributed by atoms with van der Waals surface area (Å²) in [5, 5.41) is 11.2. The van der Waals surface area contributed by atoms with Gasteiger partial charge in [0.1, 0.15) is 0 Å². The van der Waals surface area contributed by atoms with E-state index in [1.54, 1.807) is 0 Å². The lowest BCUT2D eigenvalue weighted by Crippen LogP contribution is -2.26. The number of amides is 1. The molecule has 1 aromatic rings. The number of carbonyl (C=O) groups is 1. The maximum atomic E-state index is 11.5. The highest BCUT2D eigenvalue weighted by atomic mass is 32.2. The van der Waals surface area contributed by atoms with Crippen molar-refractivity contribution < 1.29 is 4.79 Å². The Balaban J connectivity index is 2.08. The molecule has 0 aliphatic carbocycles. The predicted octanol–water partition coefficient (Wildman–Crippen LogP) is 2.59. The number of rotatable bonds is 7. The van der Waals surface area contributed by atoms with Crippen molar-refractivity contribution in [3.8, 4) is 6.07 Å². The van der Waals surface area contributed by atoms with Gasteiger partial charge in [-0.2, -0.15) is 5.26 Å². The second kappa shape index (κ2) is 8.66. The van der Waals surface area contributed by atoms with E-state index in [4.69, 9.17) is 5.26 Å². The first-order valence-electron chi connectivity index (χ1n) is 5.64. The van der Waals surface area contributed by atoms with Crippen molar-refractivity contribution in [2.45, 2.75) is 24.2 Å². The van der Waals surface area contributed by atoms with Crippen LogP contribution in [-0.4, -0.2) is 18.2 Å². The molecule has 0 fully saturated rings. The molecule has 1 amide bonds. The van der Waals surface area contributed by atoms with Crippen LogP contribution in [-0.2, 0) is 4.79 Å². The van der Waals surface area contributed by atoms with Crippen molar-refractivity contribution in [3.05, 3.63) is 30.3 Å². The lowest BCUT2D eigenvalue weighted by molar-refractivity contribution is -0.118. The highest BCUT2D eigenvalue weighted by Gasteiger charge is 2.01. The van der Waals surface area contributed by atoms with Gasteiger partial charge in [0.05, 0.1) is 11.8 Å². The van der Waals surface area contributed by atoms with Crippen LogP contribution in [0.1, 0.15) is 19.3 Å². The van der Waals surface area contributed by atoms with Crippen molar-refractivity contribution in [2.24, 2.45) is 0 Å². The maximum Gasteiger partial charge on any atom is 0.230 e. The monoisotopic (exact) mass is 248 g/mol. The summed E-state index contributed by atoms with van der Waals surface area (Å²) in [6, 6.07) is 11.9. The maximum absolute atomic E-state index is 11.5. The summed E-state index contributed by atoms with van der Waals surface area (Å²) in [5.41, 5.74) is 0. The third-order valence-corrected chi connectivity index (χ3v) is 3.16. The van der Waals surface area contributed by atoms with Gasteiger partial charge in [0.25, 0.3) is 0 Å². The van der Waals surface area contributed by atoms with Crippen LogP contribution in [0.3, 0.4) is 0 Å².